The van der Waals surface area contributed by atoms with Gasteiger partial charge in [0.1, 0.15) is 11.2 Å². The van der Waals surface area contributed by atoms with Crippen molar-refractivity contribution in [2.75, 3.05) is 9.80 Å². The quantitative estimate of drug-likeness (QED) is 0.108. The summed E-state index contributed by atoms with van der Waals surface area (Å²) in [4.78, 5) is 5.56. The van der Waals surface area contributed by atoms with Crippen molar-refractivity contribution < 1.29 is 4.42 Å². The molecule has 0 unspecified atom stereocenters. The highest BCUT2D eigenvalue weighted by atomic mass is 32.1. The Labute approximate surface area is 801 Å². The minimum atomic E-state index is -0.422. The molecule has 0 amide bonds. The molecule has 0 spiro atoms. The molecule has 5 heterocycles. The van der Waals surface area contributed by atoms with Crippen LogP contribution in [0, 0.1) is 0 Å². The van der Waals surface area contributed by atoms with Crippen molar-refractivity contribution in [1.82, 2.24) is 4.57 Å². The summed E-state index contributed by atoms with van der Waals surface area (Å²) in [5.74, 6) is 0. The number of aromatic nitrogens is 1. The van der Waals surface area contributed by atoms with Gasteiger partial charge in [-0.2, -0.15) is 0 Å². The van der Waals surface area contributed by atoms with Crippen molar-refractivity contribution in [3.8, 4) is 117 Å². The Hall–Kier alpha value is -15.3. The van der Waals surface area contributed by atoms with Crippen LogP contribution >= 0.6 is 11.3 Å². The molecule has 0 radical (unpaired) electrons. The maximum atomic E-state index is 7.13. The zero-order valence-electron chi connectivity index (χ0n) is 79.0. The van der Waals surface area contributed by atoms with Crippen LogP contribution in [0.15, 0.2) is 417 Å². The number of para-hydroxylation sites is 1. The molecule has 136 heavy (non-hydrogen) atoms. The summed E-state index contributed by atoms with van der Waals surface area (Å²) in [7, 11) is 0. The number of anilines is 6. The smallest absolute Gasteiger partial charge is 0.252 e. The highest BCUT2D eigenvalue weighted by Crippen LogP contribution is 2.59. The van der Waals surface area contributed by atoms with Crippen LogP contribution in [-0.4, -0.2) is 11.3 Å². The summed E-state index contributed by atoms with van der Waals surface area (Å²) in [5, 5.41) is 7.07. The monoisotopic (exact) mass is 1770 g/mol. The summed E-state index contributed by atoms with van der Waals surface area (Å²) in [6, 6.07) is 158. The topological polar surface area (TPSA) is 24.6 Å². The zero-order valence-corrected chi connectivity index (χ0v) is 79.8. The minimum Gasteiger partial charge on any atom is -0.456 e. The van der Waals surface area contributed by atoms with Gasteiger partial charge in [-0.05, 0) is 289 Å². The molecule has 0 aliphatic carbocycles. The molecule has 0 fully saturated rings. The Balaban J connectivity index is 0.919. The lowest BCUT2D eigenvalue weighted by atomic mass is 9.33. The number of fused-ring (bicyclic) bond motifs is 13. The number of nitrogens with zero attached hydrogens (tertiary/aromatic N) is 3. The average Bonchev–Trinajstić information content (AvgIpc) is 0.758. The Morgan fingerprint density at radius 2 is 0.618 bits per heavy atom. The van der Waals surface area contributed by atoms with Crippen molar-refractivity contribution >= 4 is 132 Å². The molecule has 6 heteroatoms. The molecule has 24 rings (SSSR count). The minimum absolute atomic E-state index is 0.113. The number of furan rings is 1. The normalized spacial score (nSPS) is 12.8. The molecule has 2 aliphatic heterocycles. The molecule has 0 saturated carbocycles. The second-order valence-electron chi connectivity index (χ2n) is 41.5. The fourth-order valence-corrected chi connectivity index (χ4v) is 22.8. The number of thiophene rings is 1. The molecule has 0 atom stereocenters. The fourth-order valence-electron chi connectivity index (χ4n) is 21.7. The van der Waals surface area contributed by atoms with Gasteiger partial charge in [0.2, 0.25) is 0 Å². The third-order valence-corrected chi connectivity index (χ3v) is 29.9. The summed E-state index contributed by atoms with van der Waals surface area (Å²) in [6.45, 7) is 27.9. The predicted octanol–water partition coefficient (Wildman–Crippen LogP) is 35.0. The van der Waals surface area contributed by atoms with Crippen LogP contribution in [0.1, 0.15) is 105 Å². The Kier molecular flexibility index (Phi) is 19.8. The van der Waals surface area contributed by atoms with Crippen molar-refractivity contribution in [3.05, 3.63) is 435 Å². The SMILES string of the molecule is CC(C)(C)c1cc(-c2ccccc2)c(N2c3cc(-n4c5ccc(C(C)(C)C)cc5c5cc(C(C)(C)C)ccc54)ccc3B3c4cc(-c5cc(-c6ccccc6)cc(-c6ccccc6)c5)ccc4N(c4c(-c5cccc6oc7ccccc7c56)cc(C(C)(C)C)cc4-c4cccc5sc6ccccc6c45)c4cc(-c5cc(-c6ccccc6)cc(-c6ccccc6)c5)cc2c43)c(-c2ccccc2)c1. The van der Waals surface area contributed by atoms with Gasteiger partial charge in [0.05, 0.1) is 22.4 Å². The summed E-state index contributed by atoms with van der Waals surface area (Å²) < 4.78 is 12.2. The van der Waals surface area contributed by atoms with Crippen LogP contribution in [0.3, 0.4) is 0 Å². The Morgan fingerprint density at radius 1 is 0.228 bits per heavy atom. The van der Waals surface area contributed by atoms with Gasteiger partial charge >= 0.3 is 0 Å². The fraction of sp³-hybridized carbons (Fsp3) is 0.123. The largest absolute Gasteiger partial charge is 0.456 e. The van der Waals surface area contributed by atoms with E-state index in [0.717, 1.165) is 184 Å². The average molecular weight is 1770 g/mol. The van der Waals surface area contributed by atoms with E-state index < -0.39 is 6.71 Å². The Morgan fingerprint density at radius 3 is 1.11 bits per heavy atom. The third-order valence-electron chi connectivity index (χ3n) is 28.7. The first-order valence-corrected chi connectivity index (χ1v) is 48.7. The molecular weight excluding hydrogens is 1660 g/mol. The van der Waals surface area contributed by atoms with Crippen molar-refractivity contribution in [2.45, 2.75) is 105 Å². The molecule has 2 aliphatic rings. The first kappa shape index (κ1) is 83.7. The van der Waals surface area contributed by atoms with Gasteiger partial charge in [0.15, 0.2) is 0 Å². The van der Waals surface area contributed by atoms with Gasteiger partial charge in [-0.1, -0.05) is 356 Å². The molecule has 0 saturated heterocycles. The third kappa shape index (κ3) is 14.3. The molecule has 22 aromatic rings. The zero-order chi connectivity index (χ0) is 92.4. The molecule has 0 bridgehead atoms. The van der Waals surface area contributed by atoms with Crippen LogP contribution in [0.5, 0.6) is 0 Å². The van der Waals surface area contributed by atoms with Crippen molar-refractivity contribution in [3.63, 3.8) is 0 Å². The first-order valence-electron chi connectivity index (χ1n) is 47.9. The van der Waals surface area contributed by atoms with E-state index >= 15 is 0 Å². The second kappa shape index (κ2) is 32.2. The Bertz CT molecular complexity index is 8170. The maximum Gasteiger partial charge on any atom is 0.252 e. The van der Waals surface area contributed by atoms with Gasteiger partial charge in [0.25, 0.3) is 6.71 Å². The second-order valence-corrected chi connectivity index (χ2v) is 42.6. The van der Waals surface area contributed by atoms with Crippen LogP contribution in [0.25, 0.3) is 181 Å². The van der Waals surface area contributed by atoms with Crippen molar-refractivity contribution in [2.24, 2.45) is 0 Å². The van der Waals surface area contributed by atoms with Gasteiger partial charge in [-0.3, -0.25) is 0 Å². The van der Waals surface area contributed by atoms with Crippen LogP contribution in [-0.2, 0) is 21.7 Å². The first-order chi connectivity index (χ1) is 65.9. The summed E-state index contributed by atoms with van der Waals surface area (Å²) in [6.07, 6.45) is 0. The molecule has 654 valence electrons. The lowest BCUT2D eigenvalue weighted by Crippen LogP contribution is -2.61. The summed E-state index contributed by atoms with van der Waals surface area (Å²) in [5.41, 5.74) is 41.7. The number of hydrogen-bond acceptors (Lipinski definition) is 4. The van der Waals surface area contributed by atoms with E-state index in [2.05, 4.69) is 510 Å². The lowest BCUT2D eigenvalue weighted by Gasteiger charge is -2.46. The summed E-state index contributed by atoms with van der Waals surface area (Å²) >= 11 is 1.88. The maximum absolute atomic E-state index is 7.13. The highest BCUT2D eigenvalue weighted by molar-refractivity contribution is 7.26. The van der Waals surface area contributed by atoms with Crippen LogP contribution in [0.2, 0.25) is 0 Å². The van der Waals surface area contributed by atoms with Crippen molar-refractivity contribution in [1.29, 1.82) is 0 Å². The number of hydrogen-bond donors (Lipinski definition) is 0. The van der Waals surface area contributed by atoms with Gasteiger partial charge < -0.3 is 18.8 Å². The van der Waals surface area contributed by atoms with E-state index in [1.807, 2.05) is 11.3 Å². The predicted molar refractivity (Wildman–Crippen MR) is 584 cm³/mol. The molecule has 4 nitrogen and oxygen atoms in total. The molecule has 0 N–H and O–H groups in total. The van der Waals surface area contributed by atoms with E-state index in [1.54, 1.807) is 0 Å². The van der Waals surface area contributed by atoms with Gasteiger partial charge in [-0.25, -0.2) is 0 Å². The highest BCUT2D eigenvalue weighted by Gasteiger charge is 2.47. The van der Waals surface area contributed by atoms with Gasteiger partial charge in [0, 0.05) is 92.4 Å². The van der Waals surface area contributed by atoms with E-state index in [0.29, 0.717) is 0 Å². The van der Waals surface area contributed by atoms with Gasteiger partial charge in [-0.15, -0.1) is 11.3 Å². The number of benzene rings is 19. The van der Waals surface area contributed by atoms with E-state index in [-0.39, 0.29) is 21.7 Å². The van der Waals surface area contributed by atoms with Crippen LogP contribution < -0.4 is 26.2 Å². The van der Waals surface area contributed by atoms with Crippen LogP contribution in [0.4, 0.5) is 34.1 Å². The molecular formula is C130H104BN3OS. The standard InChI is InChI=1S/C130H104BN3OS/c1-127(2,3)95-58-63-112-106(74-95)107-75-96(128(4,5)6)59-64-113(107)132(112)99-60-61-110-115(80-99)134(125-104(85-45-27-17-28-46-85)76-97(129(7,8)9)77-105(125)86-47-29-18-30-48-86)117-73-94(93-69-90(83-41-23-15-24-42-83)66-91(70-93)84-43-25-16-26-44-84)72-116-124(117)131(110)111-71-87(92-67-88(81-37-19-13-20-38-81)65-89(68-92)82-39-21-14-22-40-82)57-62-114(111)133(116)126-108(100-51-35-54-119-122(100)102-49-31-33-53-118(102)135-119)78-98(130(10,11)12)79-109(126)101-52-36-56-121-123(101)103-50-32-34-55-120(103)136-121/h13-80H,1-12H3. The molecule has 3 aromatic heterocycles. The number of rotatable bonds is 13. The van der Waals surface area contributed by atoms with E-state index in [9.17, 15) is 0 Å². The lowest BCUT2D eigenvalue weighted by molar-refractivity contribution is 0.590. The van der Waals surface area contributed by atoms with E-state index in [4.69, 9.17) is 4.42 Å². The van der Waals surface area contributed by atoms with E-state index in [1.165, 1.54) is 69.6 Å². The molecule has 19 aromatic carbocycles.